The van der Waals surface area contributed by atoms with Gasteiger partial charge >= 0.3 is 5.69 Å². The molecular formula is C15H22N4O3. The van der Waals surface area contributed by atoms with Crippen molar-refractivity contribution in [2.45, 2.75) is 51.7 Å². The lowest BCUT2D eigenvalue weighted by Gasteiger charge is -2.13. The van der Waals surface area contributed by atoms with Crippen LogP contribution < -0.4 is 11.2 Å². The number of aromatic amines is 1. The average molecular weight is 306 g/mol. The van der Waals surface area contributed by atoms with Crippen LogP contribution in [0, 0.1) is 0 Å². The van der Waals surface area contributed by atoms with Crippen LogP contribution in [0.15, 0.2) is 9.59 Å². The first-order valence-electron chi connectivity index (χ1n) is 7.91. The van der Waals surface area contributed by atoms with Crippen LogP contribution in [0.1, 0.15) is 38.4 Å². The minimum absolute atomic E-state index is 0.0224. The zero-order valence-corrected chi connectivity index (χ0v) is 13.1. The number of ether oxygens (including phenoxy) is 1. The molecule has 120 valence electrons. The molecule has 0 aromatic carbocycles. The Morgan fingerprint density at radius 3 is 2.91 bits per heavy atom. The Balaban J connectivity index is 2.09. The maximum atomic E-state index is 12.4. The molecule has 1 saturated heterocycles. The smallest absolute Gasteiger partial charge is 0.332 e. The highest BCUT2D eigenvalue weighted by molar-refractivity contribution is 5.69. The molecule has 1 N–H and O–H groups in total. The minimum Gasteiger partial charge on any atom is -0.376 e. The van der Waals surface area contributed by atoms with Crippen molar-refractivity contribution in [3.63, 3.8) is 0 Å². The second-order valence-electron chi connectivity index (χ2n) is 5.88. The van der Waals surface area contributed by atoms with Gasteiger partial charge in [0.2, 0.25) is 0 Å². The molecular weight excluding hydrogens is 284 g/mol. The third kappa shape index (κ3) is 2.61. The van der Waals surface area contributed by atoms with Gasteiger partial charge in [-0.1, -0.05) is 13.3 Å². The lowest BCUT2D eigenvalue weighted by atomic mass is 10.2. The summed E-state index contributed by atoms with van der Waals surface area (Å²) in [6.45, 7) is 3.28. The summed E-state index contributed by atoms with van der Waals surface area (Å²) < 4.78 is 8.32. The van der Waals surface area contributed by atoms with Crippen molar-refractivity contribution >= 4 is 11.2 Å². The van der Waals surface area contributed by atoms with Crippen molar-refractivity contribution < 1.29 is 4.74 Å². The van der Waals surface area contributed by atoms with E-state index >= 15 is 0 Å². The van der Waals surface area contributed by atoms with Crippen molar-refractivity contribution in [3.8, 4) is 0 Å². The lowest BCUT2D eigenvalue weighted by Crippen LogP contribution is -2.40. The number of unbranched alkanes of at least 4 members (excludes halogenated alkanes) is 1. The molecule has 7 heteroatoms. The van der Waals surface area contributed by atoms with Gasteiger partial charge in [-0.15, -0.1) is 0 Å². The number of hydrogen-bond acceptors (Lipinski definition) is 4. The van der Waals surface area contributed by atoms with Crippen LogP contribution in [-0.4, -0.2) is 31.8 Å². The van der Waals surface area contributed by atoms with Gasteiger partial charge in [0.15, 0.2) is 5.65 Å². The largest absolute Gasteiger partial charge is 0.376 e. The zero-order valence-electron chi connectivity index (χ0n) is 13.1. The fourth-order valence-corrected chi connectivity index (χ4v) is 2.90. The highest BCUT2D eigenvalue weighted by Crippen LogP contribution is 2.15. The molecule has 0 radical (unpaired) electrons. The van der Waals surface area contributed by atoms with Crippen molar-refractivity contribution in [2.24, 2.45) is 7.05 Å². The third-order valence-corrected chi connectivity index (χ3v) is 4.20. The van der Waals surface area contributed by atoms with E-state index in [4.69, 9.17) is 4.74 Å². The molecule has 3 heterocycles. The molecule has 1 aliphatic rings. The first-order valence-corrected chi connectivity index (χ1v) is 7.91. The van der Waals surface area contributed by atoms with Gasteiger partial charge in [-0.25, -0.2) is 9.78 Å². The zero-order chi connectivity index (χ0) is 15.7. The molecule has 0 amide bonds. The maximum Gasteiger partial charge on any atom is 0.332 e. The highest BCUT2D eigenvalue weighted by Gasteiger charge is 2.21. The molecule has 0 saturated carbocycles. The van der Waals surface area contributed by atoms with Crippen molar-refractivity contribution in [1.29, 1.82) is 0 Å². The van der Waals surface area contributed by atoms with E-state index in [2.05, 4.69) is 16.9 Å². The third-order valence-electron chi connectivity index (χ3n) is 4.20. The normalized spacial score (nSPS) is 18.4. The summed E-state index contributed by atoms with van der Waals surface area (Å²) in [7, 11) is 1.50. The average Bonchev–Trinajstić information content (AvgIpc) is 3.16. The number of aromatic nitrogens is 4. The standard InChI is InChI=1S/C15H22N4O3/c1-3-4-7-11-16-12-13(17-11)19(9-10-6-5-8-22-10)15(21)18(2)14(12)20/h10H,3-9H2,1-2H3,(H,16,17). The van der Waals surface area contributed by atoms with Crippen LogP contribution in [0.4, 0.5) is 0 Å². The summed E-state index contributed by atoms with van der Waals surface area (Å²) >= 11 is 0. The van der Waals surface area contributed by atoms with Gasteiger partial charge in [-0.3, -0.25) is 13.9 Å². The van der Waals surface area contributed by atoms with E-state index in [-0.39, 0.29) is 17.4 Å². The van der Waals surface area contributed by atoms with E-state index in [1.54, 1.807) is 4.57 Å². The van der Waals surface area contributed by atoms with Crippen LogP contribution in [0.25, 0.3) is 11.2 Å². The predicted molar refractivity (Wildman–Crippen MR) is 83.2 cm³/mol. The molecule has 0 spiro atoms. The number of fused-ring (bicyclic) bond motifs is 1. The van der Waals surface area contributed by atoms with Crippen molar-refractivity contribution in [3.05, 3.63) is 26.7 Å². The minimum atomic E-state index is -0.332. The number of rotatable bonds is 5. The first kappa shape index (κ1) is 15.0. The molecule has 22 heavy (non-hydrogen) atoms. The second-order valence-corrected chi connectivity index (χ2v) is 5.88. The fraction of sp³-hybridized carbons (Fsp3) is 0.667. The number of nitrogens with zero attached hydrogens (tertiary/aromatic N) is 3. The van der Waals surface area contributed by atoms with Crippen LogP contribution in [-0.2, 0) is 24.8 Å². The number of H-pyrrole nitrogens is 1. The van der Waals surface area contributed by atoms with Crippen LogP contribution in [0.2, 0.25) is 0 Å². The van der Waals surface area contributed by atoms with Gasteiger partial charge in [-0.05, 0) is 19.3 Å². The Hall–Kier alpha value is -1.89. The highest BCUT2D eigenvalue weighted by atomic mass is 16.5. The van der Waals surface area contributed by atoms with Crippen molar-refractivity contribution in [2.75, 3.05) is 6.61 Å². The Morgan fingerprint density at radius 1 is 1.41 bits per heavy atom. The lowest BCUT2D eigenvalue weighted by molar-refractivity contribution is 0.0964. The number of hydrogen-bond donors (Lipinski definition) is 1. The second kappa shape index (κ2) is 6.08. The Morgan fingerprint density at radius 2 is 2.23 bits per heavy atom. The van der Waals surface area contributed by atoms with E-state index in [1.165, 1.54) is 7.05 Å². The van der Waals surface area contributed by atoms with E-state index in [0.717, 1.165) is 49.1 Å². The van der Waals surface area contributed by atoms with Gasteiger partial charge in [0, 0.05) is 20.1 Å². The molecule has 1 unspecified atom stereocenters. The summed E-state index contributed by atoms with van der Waals surface area (Å²) in [6.07, 6.45) is 4.80. The summed E-state index contributed by atoms with van der Waals surface area (Å²) in [5.74, 6) is 0.764. The summed E-state index contributed by atoms with van der Waals surface area (Å²) in [4.78, 5) is 32.3. The molecule has 1 aliphatic heterocycles. The number of aryl methyl sites for hydroxylation is 1. The van der Waals surface area contributed by atoms with Crippen LogP contribution >= 0.6 is 0 Å². The quantitative estimate of drug-likeness (QED) is 0.891. The fourth-order valence-electron chi connectivity index (χ4n) is 2.90. The van der Waals surface area contributed by atoms with Gasteiger partial charge in [0.1, 0.15) is 11.3 Å². The molecule has 3 rings (SSSR count). The van der Waals surface area contributed by atoms with Gasteiger partial charge < -0.3 is 9.72 Å². The Bertz CT molecular complexity index is 780. The maximum absolute atomic E-state index is 12.4. The number of nitrogens with one attached hydrogen (secondary N) is 1. The van der Waals surface area contributed by atoms with E-state index < -0.39 is 0 Å². The predicted octanol–water partition coefficient (Wildman–Crippen LogP) is 0.945. The molecule has 2 aromatic rings. The first-order chi connectivity index (χ1) is 10.6. The monoisotopic (exact) mass is 306 g/mol. The van der Waals surface area contributed by atoms with Crippen molar-refractivity contribution in [1.82, 2.24) is 19.1 Å². The van der Waals surface area contributed by atoms with Gasteiger partial charge in [0.25, 0.3) is 5.56 Å². The summed E-state index contributed by atoms with van der Waals surface area (Å²) in [6, 6.07) is 0. The van der Waals surface area contributed by atoms with Crippen LogP contribution in [0.3, 0.4) is 0 Å². The molecule has 2 aromatic heterocycles. The SMILES string of the molecule is CCCCc1nc2c([nH]1)c(=O)n(C)c(=O)n2CC1CCCO1. The van der Waals surface area contributed by atoms with Gasteiger partial charge in [0.05, 0.1) is 12.6 Å². The molecule has 0 bridgehead atoms. The summed E-state index contributed by atoms with van der Waals surface area (Å²) in [5, 5.41) is 0. The summed E-state index contributed by atoms with van der Waals surface area (Å²) in [5.41, 5.74) is 0.210. The van der Waals surface area contributed by atoms with E-state index in [0.29, 0.717) is 17.7 Å². The Kier molecular flexibility index (Phi) is 4.15. The van der Waals surface area contributed by atoms with E-state index in [1.807, 2.05) is 0 Å². The van der Waals surface area contributed by atoms with E-state index in [9.17, 15) is 9.59 Å². The van der Waals surface area contributed by atoms with Crippen LogP contribution in [0.5, 0.6) is 0 Å². The topological polar surface area (TPSA) is 81.9 Å². The Labute approximate surface area is 127 Å². The number of imidazole rings is 1. The van der Waals surface area contributed by atoms with Gasteiger partial charge in [-0.2, -0.15) is 0 Å². The molecule has 1 fully saturated rings. The molecule has 7 nitrogen and oxygen atoms in total. The molecule has 1 atom stereocenters. The molecule has 0 aliphatic carbocycles.